The average molecular weight is 197 g/mol. The number of fused-ring (bicyclic) bond motifs is 1. The Bertz CT molecular complexity index is 450. The predicted octanol–water partition coefficient (Wildman–Crippen LogP) is 1.99. The summed E-state index contributed by atoms with van der Waals surface area (Å²) in [6.07, 6.45) is 0. The molecule has 0 bridgehead atoms. The van der Waals surface area contributed by atoms with Crippen LogP contribution >= 0.6 is 11.6 Å². The Balaban J connectivity index is 2.83. The van der Waals surface area contributed by atoms with Gasteiger partial charge in [0.2, 0.25) is 0 Å². The summed E-state index contributed by atoms with van der Waals surface area (Å²) >= 11 is 6.01. The number of nitrogens with one attached hydrogen (secondary N) is 1. The van der Waals surface area contributed by atoms with Crippen molar-refractivity contribution in [1.82, 2.24) is 4.98 Å². The molecule has 0 saturated carbocycles. The second-order valence-corrected chi connectivity index (χ2v) is 3.20. The van der Waals surface area contributed by atoms with Gasteiger partial charge < -0.3 is 15.8 Å². The molecule has 0 aliphatic rings. The number of phenolic OH excluding ortho intramolecular Hbond substituents is 1. The van der Waals surface area contributed by atoms with Crippen LogP contribution in [0, 0.1) is 0 Å². The maximum atomic E-state index is 9.47. The summed E-state index contributed by atoms with van der Waals surface area (Å²) in [5, 5.41) is 10.9. The predicted molar refractivity (Wildman–Crippen MR) is 52.9 cm³/mol. The first-order chi connectivity index (χ1) is 6.24. The van der Waals surface area contributed by atoms with E-state index < -0.39 is 0 Å². The van der Waals surface area contributed by atoms with E-state index in [0.29, 0.717) is 17.1 Å². The maximum absolute atomic E-state index is 9.47. The Morgan fingerprint density at radius 1 is 1.46 bits per heavy atom. The molecule has 0 spiro atoms. The summed E-state index contributed by atoms with van der Waals surface area (Å²) in [6.45, 7) is 0.340. The molecular formula is C9H9ClN2O. The Hall–Kier alpha value is -1.19. The van der Waals surface area contributed by atoms with Gasteiger partial charge in [0, 0.05) is 17.6 Å². The normalized spacial score (nSPS) is 10.9. The van der Waals surface area contributed by atoms with E-state index in [0.717, 1.165) is 11.1 Å². The third kappa shape index (κ3) is 1.17. The van der Waals surface area contributed by atoms with E-state index >= 15 is 0 Å². The van der Waals surface area contributed by atoms with Gasteiger partial charge in [0.1, 0.15) is 5.75 Å². The molecule has 1 heterocycles. The third-order valence-electron chi connectivity index (χ3n) is 2.02. The van der Waals surface area contributed by atoms with Crippen molar-refractivity contribution in [2.75, 3.05) is 0 Å². The highest BCUT2D eigenvalue weighted by molar-refractivity contribution is 6.36. The van der Waals surface area contributed by atoms with Crippen molar-refractivity contribution in [3.8, 4) is 5.75 Å². The van der Waals surface area contributed by atoms with Crippen molar-refractivity contribution in [3.63, 3.8) is 0 Å². The molecule has 1 aromatic heterocycles. The van der Waals surface area contributed by atoms with Crippen LogP contribution in [-0.2, 0) is 6.54 Å². The van der Waals surface area contributed by atoms with Crippen LogP contribution in [0.4, 0.5) is 0 Å². The summed E-state index contributed by atoms with van der Waals surface area (Å²) in [5.74, 6) is 0.194. The number of hydrogen-bond acceptors (Lipinski definition) is 2. The van der Waals surface area contributed by atoms with Crippen LogP contribution in [0.2, 0.25) is 5.02 Å². The van der Waals surface area contributed by atoms with E-state index in [9.17, 15) is 5.11 Å². The lowest BCUT2D eigenvalue weighted by atomic mass is 10.2. The first-order valence-electron chi connectivity index (χ1n) is 3.92. The summed E-state index contributed by atoms with van der Waals surface area (Å²) < 4.78 is 0. The van der Waals surface area contributed by atoms with Crippen molar-refractivity contribution in [1.29, 1.82) is 0 Å². The van der Waals surface area contributed by atoms with Crippen LogP contribution < -0.4 is 5.73 Å². The van der Waals surface area contributed by atoms with Crippen LogP contribution in [0.3, 0.4) is 0 Å². The number of hydrogen-bond donors (Lipinski definition) is 3. The molecule has 0 fully saturated rings. The van der Waals surface area contributed by atoms with Crippen LogP contribution in [0.15, 0.2) is 18.2 Å². The second kappa shape index (κ2) is 2.94. The topological polar surface area (TPSA) is 62.0 Å². The fourth-order valence-corrected chi connectivity index (χ4v) is 1.65. The van der Waals surface area contributed by atoms with Crippen molar-refractivity contribution in [2.24, 2.45) is 5.73 Å². The molecule has 1 aromatic carbocycles. The molecule has 0 amide bonds. The molecule has 0 unspecified atom stereocenters. The van der Waals surface area contributed by atoms with Crippen LogP contribution in [0.5, 0.6) is 5.75 Å². The summed E-state index contributed by atoms with van der Waals surface area (Å²) in [4.78, 5) is 2.97. The summed E-state index contributed by atoms with van der Waals surface area (Å²) in [7, 11) is 0. The van der Waals surface area contributed by atoms with Gasteiger partial charge in [-0.2, -0.15) is 0 Å². The number of benzene rings is 1. The van der Waals surface area contributed by atoms with Crippen LogP contribution in [-0.4, -0.2) is 10.1 Å². The summed E-state index contributed by atoms with van der Waals surface area (Å²) in [6, 6.07) is 5.19. The van der Waals surface area contributed by atoms with Gasteiger partial charge in [0.05, 0.1) is 10.5 Å². The molecule has 0 aliphatic heterocycles. The quantitative estimate of drug-likeness (QED) is 0.653. The van der Waals surface area contributed by atoms with Crippen molar-refractivity contribution >= 4 is 22.5 Å². The monoisotopic (exact) mass is 196 g/mol. The molecule has 0 saturated heterocycles. The fourth-order valence-electron chi connectivity index (χ4n) is 1.36. The number of nitrogens with two attached hydrogens (primary N) is 1. The van der Waals surface area contributed by atoms with Crippen LogP contribution in [0.1, 0.15) is 5.69 Å². The second-order valence-electron chi connectivity index (χ2n) is 2.82. The first kappa shape index (κ1) is 8.41. The number of halogens is 1. The van der Waals surface area contributed by atoms with Gasteiger partial charge >= 0.3 is 0 Å². The van der Waals surface area contributed by atoms with E-state index in [1.54, 1.807) is 12.1 Å². The highest BCUT2D eigenvalue weighted by Crippen LogP contribution is 2.31. The lowest BCUT2D eigenvalue weighted by Crippen LogP contribution is -1.96. The number of rotatable bonds is 1. The number of phenols is 1. The number of aromatic amines is 1. The van der Waals surface area contributed by atoms with E-state index in [-0.39, 0.29) is 5.75 Å². The number of H-pyrrole nitrogens is 1. The summed E-state index contributed by atoms with van der Waals surface area (Å²) in [5.41, 5.74) is 6.86. The van der Waals surface area contributed by atoms with Crippen molar-refractivity contribution in [2.45, 2.75) is 6.54 Å². The zero-order valence-corrected chi connectivity index (χ0v) is 7.60. The van der Waals surface area contributed by atoms with E-state index in [1.165, 1.54) is 0 Å². The van der Waals surface area contributed by atoms with E-state index in [2.05, 4.69) is 4.98 Å². The first-order valence-corrected chi connectivity index (χ1v) is 4.30. The molecule has 0 radical (unpaired) electrons. The van der Waals surface area contributed by atoms with Gasteiger partial charge in [0.25, 0.3) is 0 Å². The molecule has 0 atom stereocenters. The Morgan fingerprint density at radius 3 is 2.85 bits per heavy atom. The SMILES string of the molecule is NCc1[nH]c2c(O)cccc2c1Cl. The van der Waals surface area contributed by atoms with E-state index in [4.69, 9.17) is 17.3 Å². The van der Waals surface area contributed by atoms with Crippen molar-refractivity contribution < 1.29 is 5.11 Å². The lowest BCUT2D eigenvalue weighted by Gasteiger charge is -1.92. The minimum atomic E-state index is 0.194. The molecule has 2 rings (SSSR count). The Labute approximate surface area is 80.1 Å². The minimum absolute atomic E-state index is 0.194. The zero-order valence-electron chi connectivity index (χ0n) is 6.84. The number of aromatic nitrogens is 1. The van der Waals surface area contributed by atoms with Crippen molar-refractivity contribution in [3.05, 3.63) is 28.9 Å². The van der Waals surface area contributed by atoms with Gasteiger partial charge in [0.15, 0.2) is 0 Å². The molecule has 3 nitrogen and oxygen atoms in total. The van der Waals surface area contributed by atoms with Gasteiger partial charge in [-0.1, -0.05) is 23.7 Å². The molecule has 2 aromatic rings. The lowest BCUT2D eigenvalue weighted by molar-refractivity contribution is 0.480. The van der Waals surface area contributed by atoms with Gasteiger partial charge in [-0.3, -0.25) is 0 Å². The Kier molecular flexibility index (Phi) is 1.90. The maximum Gasteiger partial charge on any atom is 0.139 e. The fraction of sp³-hybridized carbons (Fsp3) is 0.111. The molecule has 4 heteroatoms. The molecule has 0 aliphatic carbocycles. The van der Waals surface area contributed by atoms with Crippen LogP contribution in [0.25, 0.3) is 10.9 Å². The minimum Gasteiger partial charge on any atom is -0.506 e. The third-order valence-corrected chi connectivity index (χ3v) is 2.46. The molecular weight excluding hydrogens is 188 g/mol. The highest BCUT2D eigenvalue weighted by Gasteiger charge is 2.09. The zero-order chi connectivity index (χ0) is 9.42. The average Bonchev–Trinajstić information content (AvgIpc) is 2.45. The largest absolute Gasteiger partial charge is 0.506 e. The van der Waals surface area contributed by atoms with E-state index in [1.807, 2.05) is 6.07 Å². The number of aromatic hydroxyl groups is 1. The molecule has 13 heavy (non-hydrogen) atoms. The molecule has 4 N–H and O–H groups in total. The number of para-hydroxylation sites is 1. The molecule has 68 valence electrons. The standard InChI is InChI=1S/C9H9ClN2O/c10-8-5-2-1-3-7(13)9(5)12-6(8)4-11/h1-3,12-13H,4,11H2. The van der Waals surface area contributed by atoms with Gasteiger partial charge in [-0.15, -0.1) is 0 Å². The smallest absolute Gasteiger partial charge is 0.139 e. The van der Waals surface area contributed by atoms with Gasteiger partial charge in [-0.25, -0.2) is 0 Å². The highest BCUT2D eigenvalue weighted by atomic mass is 35.5. The Morgan fingerprint density at radius 2 is 2.23 bits per heavy atom. The van der Waals surface area contributed by atoms with Gasteiger partial charge in [-0.05, 0) is 6.07 Å².